The molecule has 0 radical (unpaired) electrons. The van der Waals surface area contributed by atoms with Crippen molar-refractivity contribution in [3.05, 3.63) is 66.2 Å². The molecule has 0 heterocycles. The van der Waals surface area contributed by atoms with E-state index in [-0.39, 0.29) is 6.42 Å². The minimum absolute atomic E-state index is 0.0876. The Morgan fingerprint density at radius 3 is 2.20 bits per heavy atom. The Bertz CT molecular complexity index is 616. The van der Waals surface area contributed by atoms with Crippen LogP contribution in [0.2, 0.25) is 0 Å². The number of terminal acetylenes is 1. The summed E-state index contributed by atoms with van der Waals surface area (Å²) in [5, 5.41) is 13.3. The maximum absolute atomic E-state index is 12.4. The van der Waals surface area contributed by atoms with E-state index in [0.717, 1.165) is 0 Å². The SMILES string of the molecule is C#CC[C@@](O)(C(=O)Nc1ccccc1)c1ccccc1. The highest BCUT2D eigenvalue weighted by Gasteiger charge is 2.37. The van der Waals surface area contributed by atoms with Crippen LogP contribution in [0.3, 0.4) is 0 Å². The normalized spacial score (nSPS) is 13.0. The molecule has 100 valence electrons. The van der Waals surface area contributed by atoms with Crippen molar-refractivity contribution < 1.29 is 9.90 Å². The highest BCUT2D eigenvalue weighted by molar-refractivity contribution is 5.98. The third kappa shape index (κ3) is 2.87. The fraction of sp³-hybridized carbons (Fsp3) is 0.118. The third-order valence-corrected chi connectivity index (χ3v) is 3.02. The second kappa shape index (κ2) is 6.05. The summed E-state index contributed by atoms with van der Waals surface area (Å²) in [6, 6.07) is 17.6. The average Bonchev–Trinajstić information content (AvgIpc) is 2.49. The monoisotopic (exact) mass is 265 g/mol. The van der Waals surface area contributed by atoms with Crippen LogP contribution in [-0.2, 0) is 10.4 Å². The van der Waals surface area contributed by atoms with Gasteiger partial charge in [-0.1, -0.05) is 48.5 Å². The predicted molar refractivity (Wildman–Crippen MR) is 78.9 cm³/mol. The lowest BCUT2D eigenvalue weighted by Gasteiger charge is -2.25. The molecule has 0 fully saturated rings. The van der Waals surface area contributed by atoms with Gasteiger partial charge in [-0.05, 0) is 17.7 Å². The Labute approximate surface area is 118 Å². The Balaban J connectivity index is 2.29. The largest absolute Gasteiger partial charge is 0.375 e. The number of amides is 1. The van der Waals surface area contributed by atoms with Gasteiger partial charge >= 0.3 is 0 Å². The third-order valence-electron chi connectivity index (χ3n) is 3.02. The Morgan fingerprint density at radius 1 is 1.10 bits per heavy atom. The van der Waals surface area contributed by atoms with E-state index in [1.54, 1.807) is 48.5 Å². The van der Waals surface area contributed by atoms with E-state index >= 15 is 0 Å². The predicted octanol–water partition coefficient (Wildman–Crippen LogP) is 2.54. The number of anilines is 1. The zero-order valence-corrected chi connectivity index (χ0v) is 10.9. The lowest BCUT2D eigenvalue weighted by molar-refractivity contribution is -0.134. The highest BCUT2D eigenvalue weighted by atomic mass is 16.3. The van der Waals surface area contributed by atoms with Gasteiger partial charge in [0.05, 0.1) is 6.42 Å². The second-order valence-corrected chi connectivity index (χ2v) is 4.43. The van der Waals surface area contributed by atoms with Gasteiger partial charge in [-0.2, -0.15) is 0 Å². The van der Waals surface area contributed by atoms with Gasteiger partial charge in [0.2, 0.25) is 0 Å². The summed E-state index contributed by atoms with van der Waals surface area (Å²) in [7, 11) is 0. The van der Waals surface area contributed by atoms with Crippen molar-refractivity contribution in [3.63, 3.8) is 0 Å². The highest BCUT2D eigenvalue weighted by Crippen LogP contribution is 2.26. The van der Waals surface area contributed by atoms with Crippen LogP contribution in [-0.4, -0.2) is 11.0 Å². The molecule has 0 aliphatic carbocycles. The lowest BCUT2D eigenvalue weighted by atomic mass is 9.89. The van der Waals surface area contributed by atoms with E-state index in [1.165, 1.54) is 0 Å². The molecule has 0 aromatic heterocycles. The van der Waals surface area contributed by atoms with Gasteiger partial charge in [-0.15, -0.1) is 12.3 Å². The second-order valence-electron chi connectivity index (χ2n) is 4.43. The molecule has 0 spiro atoms. The fourth-order valence-electron chi connectivity index (χ4n) is 1.93. The molecule has 0 aliphatic rings. The van der Waals surface area contributed by atoms with Crippen molar-refractivity contribution in [3.8, 4) is 12.3 Å². The Kier molecular flexibility index (Phi) is 4.19. The molecule has 2 N–H and O–H groups in total. The van der Waals surface area contributed by atoms with E-state index in [2.05, 4.69) is 11.2 Å². The molecule has 0 unspecified atom stereocenters. The van der Waals surface area contributed by atoms with E-state index in [9.17, 15) is 9.90 Å². The van der Waals surface area contributed by atoms with Gasteiger partial charge in [0.25, 0.3) is 5.91 Å². The fourth-order valence-corrected chi connectivity index (χ4v) is 1.93. The zero-order chi connectivity index (χ0) is 14.4. The molecule has 3 nitrogen and oxygen atoms in total. The molecular formula is C17H15NO2. The van der Waals surface area contributed by atoms with Crippen molar-refractivity contribution >= 4 is 11.6 Å². The molecule has 0 saturated heterocycles. The van der Waals surface area contributed by atoms with Crippen LogP contribution in [0.4, 0.5) is 5.69 Å². The van der Waals surface area contributed by atoms with Gasteiger partial charge in [-0.3, -0.25) is 4.79 Å². The van der Waals surface area contributed by atoms with Crippen molar-refractivity contribution in [2.45, 2.75) is 12.0 Å². The Morgan fingerprint density at radius 2 is 1.65 bits per heavy atom. The van der Waals surface area contributed by atoms with E-state index in [4.69, 9.17) is 6.42 Å². The minimum atomic E-state index is -1.73. The van der Waals surface area contributed by atoms with Gasteiger partial charge in [0.15, 0.2) is 5.60 Å². The maximum Gasteiger partial charge on any atom is 0.261 e. The molecule has 1 amide bonds. The number of hydrogen-bond donors (Lipinski definition) is 2. The smallest absolute Gasteiger partial charge is 0.261 e. The first-order chi connectivity index (χ1) is 9.66. The number of carbonyl (C=O) groups excluding carboxylic acids is 1. The summed E-state index contributed by atoms with van der Waals surface area (Å²) >= 11 is 0. The first kappa shape index (κ1) is 13.9. The molecule has 2 aromatic carbocycles. The van der Waals surface area contributed by atoms with Crippen LogP contribution in [0.5, 0.6) is 0 Å². The Hall–Kier alpha value is -2.57. The average molecular weight is 265 g/mol. The number of carbonyl (C=O) groups is 1. The molecule has 0 aliphatic heterocycles. The van der Waals surface area contributed by atoms with Gasteiger partial charge in [-0.25, -0.2) is 0 Å². The van der Waals surface area contributed by atoms with Crippen LogP contribution in [0, 0.1) is 12.3 Å². The molecule has 20 heavy (non-hydrogen) atoms. The summed E-state index contributed by atoms with van der Waals surface area (Å²) < 4.78 is 0. The molecule has 2 aromatic rings. The van der Waals surface area contributed by atoms with Crippen LogP contribution in [0.1, 0.15) is 12.0 Å². The number of rotatable bonds is 4. The molecule has 0 saturated carbocycles. The van der Waals surface area contributed by atoms with Gasteiger partial charge in [0.1, 0.15) is 0 Å². The van der Waals surface area contributed by atoms with Crippen molar-refractivity contribution in [1.29, 1.82) is 0 Å². The van der Waals surface area contributed by atoms with Gasteiger partial charge in [0, 0.05) is 5.69 Å². The number of aliphatic hydroxyl groups is 1. The van der Waals surface area contributed by atoms with Crippen LogP contribution < -0.4 is 5.32 Å². The molecular weight excluding hydrogens is 250 g/mol. The van der Waals surface area contributed by atoms with Crippen LogP contribution >= 0.6 is 0 Å². The molecule has 2 rings (SSSR count). The summed E-state index contributed by atoms with van der Waals surface area (Å²) in [5.74, 6) is 1.83. The van der Waals surface area contributed by atoms with E-state index in [1.807, 2.05) is 12.1 Å². The van der Waals surface area contributed by atoms with Crippen molar-refractivity contribution in [1.82, 2.24) is 0 Å². The standard InChI is InChI=1S/C17H15NO2/c1-2-13-17(20,14-9-5-3-6-10-14)16(19)18-15-11-7-4-8-12-15/h1,3-12,20H,13H2,(H,18,19)/t17-/m0/s1. The van der Waals surface area contributed by atoms with Crippen LogP contribution in [0.15, 0.2) is 60.7 Å². The summed E-state index contributed by atoms with van der Waals surface area (Å²) in [5.41, 5.74) is -0.637. The zero-order valence-electron chi connectivity index (χ0n) is 10.9. The van der Waals surface area contributed by atoms with Crippen molar-refractivity contribution in [2.75, 3.05) is 5.32 Å². The quantitative estimate of drug-likeness (QED) is 0.835. The summed E-state index contributed by atoms with van der Waals surface area (Å²) in [6.45, 7) is 0. The first-order valence-corrected chi connectivity index (χ1v) is 6.24. The lowest BCUT2D eigenvalue weighted by Crippen LogP contribution is -2.40. The summed E-state index contributed by atoms with van der Waals surface area (Å²) in [4.78, 5) is 12.4. The summed E-state index contributed by atoms with van der Waals surface area (Å²) in [6.07, 6.45) is 5.21. The van der Waals surface area contributed by atoms with E-state index < -0.39 is 11.5 Å². The minimum Gasteiger partial charge on any atom is -0.375 e. The number of para-hydroxylation sites is 1. The van der Waals surface area contributed by atoms with Crippen molar-refractivity contribution in [2.24, 2.45) is 0 Å². The molecule has 1 atom stereocenters. The maximum atomic E-state index is 12.4. The number of nitrogens with one attached hydrogen (secondary N) is 1. The first-order valence-electron chi connectivity index (χ1n) is 6.24. The number of hydrogen-bond acceptors (Lipinski definition) is 2. The number of benzene rings is 2. The topological polar surface area (TPSA) is 49.3 Å². The molecule has 0 bridgehead atoms. The van der Waals surface area contributed by atoms with E-state index in [0.29, 0.717) is 11.3 Å². The van der Waals surface area contributed by atoms with Gasteiger partial charge < -0.3 is 10.4 Å². The molecule has 3 heteroatoms. The van der Waals surface area contributed by atoms with Crippen LogP contribution in [0.25, 0.3) is 0 Å².